The van der Waals surface area contributed by atoms with Crippen LogP contribution in [-0.4, -0.2) is 17.8 Å². The zero-order valence-electron chi connectivity index (χ0n) is 11.8. The second-order valence-electron chi connectivity index (χ2n) is 5.57. The summed E-state index contributed by atoms with van der Waals surface area (Å²) in [4.78, 5) is 0. The van der Waals surface area contributed by atoms with Crippen molar-refractivity contribution in [2.45, 2.75) is 45.2 Å². The molecule has 1 aliphatic heterocycles. The maximum Gasteiger partial charge on any atom is 0.188 e. The maximum absolute atomic E-state index is 8.61. The Morgan fingerprint density at radius 3 is 2.32 bits per heavy atom. The molecule has 0 aliphatic carbocycles. The zero-order valence-corrected chi connectivity index (χ0v) is 11.8. The SMILES string of the molecule is CC1(C)OC(c2ccccc2OCC#N)OC1(C)C. The van der Waals surface area contributed by atoms with E-state index in [0.717, 1.165) is 5.56 Å². The molecule has 0 N–H and O–H groups in total. The average Bonchev–Trinajstić information content (AvgIpc) is 2.56. The molecule has 2 rings (SSSR count). The first-order valence-corrected chi connectivity index (χ1v) is 6.32. The van der Waals surface area contributed by atoms with Crippen LogP contribution in [0.5, 0.6) is 5.75 Å². The van der Waals surface area contributed by atoms with Crippen molar-refractivity contribution in [1.29, 1.82) is 5.26 Å². The highest BCUT2D eigenvalue weighted by atomic mass is 16.7. The van der Waals surface area contributed by atoms with Gasteiger partial charge in [-0.05, 0) is 33.8 Å². The van der Waals surface area contributed by atoms with Crippen LogP contribution in [-0.2, 0) is 9.47 Å². The molecule has 1 aromatic rings. The molecule has 0 aromatic heterocycles. The standard InChI is InChI=1S/C15H19NO3/c1-14(2)15(3,4)19-13(18-14)11-7-5-6-8-12(11)17-10-9-16/h5-8,13H,10H2,1-4H3. The largest absolute Gasteiger partial charge is 0.478 e. The molecule has 1 saturated heterocycles. The lowest BCUT2D eigenvalue weighted by molar-refractivity contribution is -0.0906. The number of rotatable bonds is 3. The zero-order chi connectivity index (χ0) is 14.1. The van der Waals surface area contributed by atoms with Gasteiger partial charge in [0.2, 0.25) is 0 Å². The number of ether oxygens (including phenoxy) is 3. The maximum atomic E-state index is 8.61. The van der Waals surface area contributed by atoms with Gasteiger partial charge in [-0.25, -0.2) is 0 Å². The minimum absolute atomic E-state index is 0.0104. The molecule has 0 atom stereocenters. The van der Waals surface area contributed by atoms with Crippen molar-refractivity contribution in [2.24, 2.45) is 0 Å². The third-order valence-electron chi connectivity index (χ3n) is 3.72. The van der Waals surface area contributed by atoms with Crippen LogP contribution < -0.4 is 4.74 Å². The Kier molecular flexibility index (Phi) is 3.53. The average molecular weight is 261 g/mol. The number of benzene rings is 1. The summed E-state index contributed by atoms with van der Waals surface area (Å²) in [6, 6.07) is 9.44. The number of nitriles is 1. The molecular formula is C15H19NO3. The number of nitrogens with zero attached hydrogens (tertiary/aromatic N) is 1. The monoisotopic (exact) mass is 261 g/mol. The Balaban J connectivity index is 2.27. The van der Waals surface area contributed by atoms with E-state index in [1.807, 2.05) is 58.0 Å². The number of para-hydroxylation sites is 1. The Morgan fingerprint density at radius 2 is 1.74 bits per heavy atom. The lowest BCUT2D eigenvalue weighted by atomic mass is 9.90. The highest BCUT2D eigenvalue weighted by Crippen LogP contribution is 2.46. The van der Waals surface area contributed by atoms with E-state index in [0.29, 0.717) is 5.75 Å². The molecule has 4 nitrogen and oxygen atoms in total. The summed E-state index contributed by atoms with van der Waals surface area (Å²) in [7, 11) is 0. The summed E-state index contributed by atoms with van der Waals surface area (Å²) in [5, 5.41) is 8.61. The van der Waals surface area contributed by atoms with Gasteiger partial charge in [-0.1, -0.05) is 18.2 Å². The Bertz CT molecular complexity index is 486. The van der Waals surface area contributed by atoms with E-state index < -0.39 is 6.29 Å². The quantitative estimate of drug-likeness (QED) is 0.838. The first-order chi connectivity index (χ1) is 8.87. The van der Waals surface area contributed by atoms with Crippen LogP contribution >= 0.6 is 0 Å². The van der Waals surface area contributed by atoms with E-state index >= 15 is 0 Å². The van der Waals surface area contributed by atoms with Crippen LogP contribution in [0, 0.1) is 11.3 Å². The van der Waals surface area contributed by atoms with Crippen LogP contribution in [0.1, 0.15) is 39.5 Å². The van der Waals surface area contributed by atoms with Gasteiger partial charge in [-0.15, -0.1) is 0 Å². The molecule has 0 bridgehead atoms. The minimum atomic E-state index is -0.472. The summed E-state index contributed by atoms with van der Waals surface area (Å²) in [6.45, 7) is 8.03. The van der Waals surface area contributed by atoms with E-state index in [1.54, 1.807) is 0 Å². The van der Waals surface area contributed by atoms with Crippen LogP contribution in [0.3, 0.4) is 0 Å². The number of hydrogen-bond acceptors (Lipinski definition) is 4. The first-order valence-electron chi connectivity index (χ1n) is 6.32. The van der Waals surface area contributed by atoms with E-state index in [-0.39, 0.29) is 17.8 Å². The summed E-state index contributed by atoms with van der Waals surface area (Å²) in [5.74, 6) is 0.627. The van der Waals surface area contributed by atoms with E-state index in [9.17, 15) is 0 Å². The predicted molar refractivity (Wildman–Crippen MR) is 70.6 cm³/mol. The Hall–Kier alpha value is -1.57. The van der Waals surface area contributed by atoms with Crippen molar-refractivity contribution in [3.05, 3.63) is 29.8 Å². The lowest BCUT2D eigenvalue weighted by Gasteiger charge is -2.30. The molecule has 0 spiro atoms. The van der Waals surface area contributed by atoms with Gasteiger partial charge in [0.05, 0.1) is 11.2 Å². The molecule has 1 aromatic carbocycles. The predicted octanol–water partition coefficient (Wildman–Crippen LogP) is 3.19. The molecule has 0 saturated carbocycles. The second kappa shape index (κ2) is 4.84. The second-order valence-corrected chi connectivity index (χ2v) is 5.57. The minimum Gasteiger partial charge on any atom is -0.478 e. The Morgan fingerprint density at radius 1 is 1.16 bits per heavy atom. The van der Waals surface area contributed by atoms with Gasteiger partial charge >= 0.3 is 0 Å². The van der Waals surface area contributed by atoms with Gasteiger partial charge in [0.15, 0.2) is 12.9 Å². The van der Waals surface area contributed by atoms with Crippen molar-refractivity contribution < 1.29 is 14.2 Å². The molecule has 102 valence electrons. The van der Waals surface area contributed by atoms with Gasteiger partial charge < -0.3 is 14.2 Å². The summed E-state index contributed by atoms with van der Waals surface area (Å²) >= 11 is 0. The van der Waals surface area contributed by atoms with E-state index in [2.05, 4.69) is 0 Å². The Labute approximate surface area is 113 Å². The summed E-state index contributed by atoms with van der Waals surface area (Å²) < 4.78 is 17.4. The molecule has 0 amide bonds. The lowest BCUT2D eigenvalue weighted by Crippen LogP contribution is -2.41. The molecule has 0 radical (unpaired) electrons. The highest BCUT2D eigenvalue weighted by Gasteiger charge is 2.50. The van der Waals surface area contributed by atoms with E-state index in [1.165, 1.54) is 0 Å². The molecule has 1 heterocycles. The van der Waals surface area contributed by atoms with Crippen molar-refractivity contribution >= 4 is 0 Å². The number of hydrogen-bond donors (Lipinski definition) is 0. The van der Waals surface area contributed by atoms with Crippen LogP contribution in [0.2, 0.25) is 0 Å². The third kappa shape index (κ3) is 2.58. The topological polar surface area (TPSA) is 51.5 Å². The van der Waals surface area contributed by atoms with Gasteiger partial charge in [-0.3, -0.25) is 0 Å². The van der Waals surface area contributed by atoms with Gasteiger partial charge in [0.25, 0.3) is 0 Å². The first kappa shape index (κ1) is 13.9. The molecule has 1 aliphatic rings. The fourth-order valence-corrected chi connectivity index (χ4v) is 1.89. The molecule has 4 heteroatoms. The van der Waals surface area contributed by atoms with Crippen LogP contribution in [0.15, 0.2) is 24.3 Å². The molecule has 19 heavy (non-hydrogen) atoms. The molecular weight excluding hydrogens is 242 g/mol. The summed E-state index contributed by atoms with van der Waals surface area (Å²) in [5.41, 5.74) is 0.0383. The van der Waals surface area contributed by atoms with Crippen molar-refractivity contribution in [2.75, 3.05) is 6.61 Å². The fourth-order valence-electron chi connectivity index (χ4n) is 1.89. The van der Waals surface area contributed by atoms with Crippen LogP contribution in [0.25, 0.3) is 0 Å². The normalized spacial score (nSPS) is 21.0. The highest BCUT2D eigenvalue weighted by molar-refractivity contribution is 5.35. The van der Waals surface area contributed by atoms with Crippen LogP contribution in [0.4, 0.5) is 0 Å². The molecule has 0 unspecified atom stereocenters. The fraction of sp³-hybridized carbons (Fsp3) is 0.533. The van der Waals surface area contributed by atoms with Gasteiger partial charge in [0.1, 0.15) is 11.8 Å². The van der Waals surface area contributed by atoms with E-state index in [4.69, 9.17) is 19.5 Å². The van der Waals surface area contributed by atoms with Crippen molar-refractivity contribution in [3.63, 3.8) is 0 Å². The smallest absolute Gasteiger partial charge is 0.188 e. The van der Waals surface area contributed by atoms with Crippen molar-refractivity contribution in [3.8, 4) is 11.8 Å². The van der Waals surface area contributed by atoms with Crippen molar-refractivity contribution in [1.82, 2.24) is 0 Å². The molecule has 1 fully saturated rings. The van der Waals surface area contributed by atoms with Gasteiger partial charge in [0, 0.05) is 5.56 Å². The summed E-state index contributed by atoms with van der Waals surface area (Å²) in [6.07, 6.45) is -0.472. The third-order valence-corrected chi connectivity index (χ3v) is 3.72. The van der Waals surface area contributed by atoms with Gasteiger partial charge in [-0.2, -0.15) is 5.26 Å².